The Bertz CT molecular complexity index is 639. The molecule has 22 heavy (non-hydrogen) atoms. The molecule has 0 spiro atoms. The lowest BCUT2D eigenvalue weighted by molar-refractivity contribution is 0.536. The molecule has 0 fully saturated rings. The molecule has 1 heterocycles. The number of nitrogens with zero attached hydrogens (tertiary/aromatic N) is 2. The zero-order valence-corrected chi connectivity index (χ0v) is 14.5. The van der Waals surface area contributed by atoms with Crippen LogP contribution >= 0.6 is 11.8 Å². The molecule has 0 saturated heterocycles. The first-order valence-electron chi connectivity index (χ1n) is 7.45. The van der Waals surface area contributed by atoms with Gasteiger partial charge in [-0.25, -0.2) is 9.97 Å². The summed E-state index contributed by atoms with van der Waals surface area (Å²) in [6.07, 6.45) is 0. The number of aromatic nitrogens is 2. The lowest BCUT2D eigenvalue weighted by Crippen LogP contribution is -2.15. The van der Waals surface area contributed by atoms with Gasteiger partial charge >= 0.3 is 0 Å². The van der Waals surface area contributed by atoms with Crippen LogP contribution in [0.15, 0.2) is 34.1 Å². The van der Waals surface area contributed by atoms with Crippen LogP contribution in [0.1, 0.15) is 45.0 Å². The van der Waals surface area contributed by atoms with Crippen molar-refractivity contribution in [2.24, 2.45) is 0 Å². The van der Waals surface area contributed by atoms with E-state index in [-0.39, 0.29) is 12.0 Å². The third-order valence-electron chi connectivity index (χ3n) is 3.02. The molecule has 1 aromatic heterocycles. The van der Waals surface area contributed by atoms with Gasteiger partial charge in [0.05, 0.1) is 0 Å². The average molecular weight is 319 g/mol. The van der Waals surface area contributed by atoms with E-state index in [4.69, 9.17) is 0 Å². The molecule has 0 aliphatic rings. The summed E-state index contributed by atoms with van der Waals surface area (Å²) >= 11 is 1.35. The highest BCUT2D eigenvalue weighted by Gasteiger charge is 2.18. The molecule has 3 nitrogen and oxygen atoms in total. The van der Waals surface area contributed by atoms with Crippen LogP contribution < -0.4 is 5.32 Å². The predicted octanol–water partition coefficient (Wildman–Crippen LogP) is 5.02. The fourth-order valence-electron chi connectivity index (χ4n) is 1.88. The van der Waals surface area contributed by atoms with E-state index in [1.807, 2.05) is 58.9 Å². The van der Waals surface area contributed by atoms with Crippen molar-refractivity contribution in [3.05, 3.63) is 41.6 Å². The Morgan fingerprint density at radius 1 is 1.05 bits per heavy atom. The minimum Gasteiger partial charge on any atom is -0.367 e. The second-order valence-electron chi connectivity index (χ2n) is 5.92. The van der Waals surface area contributed by atoms with Crippen LogP contribution in [0.2, 0.25) is 0 Å². The van der Waals surface area contributed by atoms with Crippen LogP contribution in [0.5, 0.6) is 0 Å². The van der Waals surface area contributed by atoms with Crippen molar-refractivity contribution in [3.63, 3.8) is 0 Å². The Morgan fingerprint density at radius 2 is 1.68 bits per heavy atom. The quantitative estimate of drug-likeness (QED) is 0.785. The molecule has 0 unspecified atom stereocenters. The maximum absolute atomic E-state index is 14.5. The number of rotatable bonds is 5. The highest BCUT2D eigenvalue weighted by molar-refractivity contribution is 7.99. The molecule has 118 valence electrons. The van der Waals surface area contributed by atoms with Gasteiger partial charge in [0.25, 0.3) is 0 Å². The predicted molar refractivity (Wildman–Crippen MR) is 90.1 cm³/mol. The maximum atomic E-state index is 14.5. The molecule has 2 aromatic rings. The maximum Gasteiger partial charge on any atom is 0.232 e. The van der Waals surface area contributed by atoms with Gasteiger partial charge in [-0.05, 0) is 32.9 Å². The molecule has 1 N–H and O–H groups in total. The van der Waals surface area contributed by atoms with Crippen molar-refractivity contribution in [1.82, 2.24) is 9.97 Å². The number of aryl methyl sites for hydroxylation is 1. The summed E-state index contributed by atoms with van der Waals surface area (Å²) in [4.78, 5) is 9.94. The minimum absolute atomic E-state index is 0.0839. The molecule has 0 amide bonds. The van der Waals surface area contributed by atoms with Crippen LogP contribution in [0.4, 0.5) is 10.2 Å². The monoisotopic (exact) mass is 319 g/mol. The fourth-order valence-corrected chi connectivity index (χ4v) is 2.72. The fraction of sp³-hybridized carbons (Fsp3) is 0.412. The molecule has 5 heteroatoms. The summed E-state index contributed by atoms with van der Waals surface area (Å²) < 4.78 is 14.5. The van der Waals surface area contributed by atoms with Crippen LogP contribution in [0.25, 0.3) is 0 Å². The third kappa shape index (κ3) is 4.19. The number of hydrogen-bond acceptors (Lipinski definition) is 4. The SMILES string of the molecule is Cc1ccc(Sc2c(F)nc(C(C)C)nc2NC(C)C)cc1. The van der Waals surface area contributed by atoms with Crippen LogP contribution in [0.3, 0.4) is 0 Å². The second kappa shape index (κ2) is 7.09. The Balaban J connectivity index is 2.41. The molecule has 2 rings (SSSR count). The smallest absolute Gasteiger partial charge is 0.232 e. The van der Waals surface area contributed by atoms with Crippen LogP contribution in [-0.4, -0.2) is 16.0 Å². The molecule has 0 aliphatic heterocycles. The summed E-state index contributed by atoms with van der Waals surface area (Å²) in [7, 11) is 0. The van der Waals surface area contributed by atoms with E-state index in [0.717, 1.165) is 4.90 Å². The minimum atomic E-state index is -0.465. The Hall–Kier alpha value is -1.62. The third-order valence-corrected chi connectivity index (χ3v) is 4.10. The first-order chi connectivity index (χ1) is 10.4. The highest BCUT2D eigenvalue weighted by atomic mass is 32.2. The van der Waals surface area contributed by atoms with E-state index in [9.17, 15) is 4.39 Å². The number of hydrogen-bond donors (Lipinski definition) is 1. The van der Waals surface area contributed by atoms with Gasteiger partial charge in [-0.2, -0.15) is 4.39 Å². The van der Waals surface area contributed by atoms with Gasteiger partial charge in [-0.3, -0.25) is 0 Å². The summed E-state index contributed by atoms with van der Waals surface area (Å²) in [5.41, 5.74) is 1.18. The van der Waals surface area contributed by atoms with Crippen LogP contribution in [-0.2, 0) is 0 Å². The van der Waals surface area contributed by atoms with Crippen molar-refractivity contribution in [3.8, 4) is 0 Å². The van der Waals surface area contributed by atoms with E-state index >= 15 is 0 Å². The van der Waals surface area contributed by atoms with Gasteiger partial charge in [-0.15, -0.1) is 0 Å². The Kier molecular flexibility index (Phi) is 5.40. The molecular weight excluding hydrogens is 297 g/mol. The largest absolute Gasteiger partial charge is 0.367 e. The van der Waals surface area contributed by atoms with Crippen LogP contribution in [0, 0.1) is 12.9 Å². The van der Waals surface area contributed by atoms with Gasteiger partial charge in [0.2, 0.25) is 5.95 Å². The molecular formula is C17H22FN3S. The summed E-state index contributed by atoms with van der Waals surface area (Å²) in [5, 5.41) is 3.23. The van der Waals surface area contributed by atoms with Gasteiger partial charge in [0.15, 0.2) is 0 Å². The summed E-state index contributed by atoms with van der Waals surface area (Å²) in [6, 6.07) is 8.16. The Labute approximate surface area is 135 Å². The van der Waals surface area contributed by atoms with Crippen molar-refractivity contribution < 1.29 is 4.39 Å². The molecule has 0 atom stereocenters. The van der Waals surface area contributed by atoms with Crippen molar-refractivity contribution in [2.75, 3.05) is 5.32 Å². The summed E-state index contributed by atoms with van der Waals surface area (Å²) in [6.45, 7) is 9.97. The van der Waals surface area contributed by atoms with Gasteiger partial charge in [0.1, 0.15) is 16.5 Å². The zero-order chi connectivity index (χ0) is 16.3. The number of anilines is 1. The van der Waals surface area contributed by atoms with Crippen molar-refractivity contribution in [2.45, 2.75) is 56.4 Å². The standard InChI is InChI=1S/C17H22FN3S/c1-10(2)16-20-15(18)14(17(21-16)19-11(3)4)22-13-8-6-12(5)7-9-13/h6-11H,1-5H3,(H,19,20,21). The lowest BCUT2D eigenvalue weighted by atomic mass is 10.2. The van der Waals surface area contributed by atoms with E-state index in [1.54, 1.807) is 0 Å². The highest BCUT2D eigenvalue weighted by Crippen LogP contribution is 2.35. The number of benzene rings is 1. The van der Waals surface area contributed by atoms with Gasteiger partial charge < -0.3 is 5.32 Å². The molecule has 0 saturated carbocycles. The second-order valence-corrected chi connectivity index (χ2v) is 7.00. The summed E-state index contributed by atoms with van der Waals surface area (Å²) in [5.74, 6) is 0.707. The number of halogens is 1. The first kappa shape index (κ1) is 16.7. The van der Waals surface area contributed by atoms with Crippen molar-refractivity contribution in [1.29, 1.82) is 0 Å². The zero-order valence-electron chi connectivity index (χ0n) is 13.6. The van der Waals surface area contributed by atoms with Crippen molar-refractivity contribution >= 4 is 17.6 Å². The average Bonchev–Trinajstić information content (AvgIpc) is 2.43. The molecule has 0 radical (unpaired) electrons. The van der Waals surface area contributed by atoms with E-state index in [1.165, 1.54) is 17.3 Å². The normalized spacial score (nSPS) is 11.3. The lowest BCUT2D eigenvalue weighted by Gasteiger charge is -2.16. The van der Waals surface area contributed by atoms with Gasteiger partial charge in [-0.1, -0.05) is 43.3 Å². The molecule has 0 bridgehead atoms. The topological polar surface area (TPSA) is 37.8 Å². The first-order valence-corrected chi connectivity index (χ1v) is 8.27. The molecule has 1 aromatic carbocycles. The van der Waals surface area contributed by atoms with E-state index in [0.29, 0.717) is 16.5 Å². The number of nitrogens with one attached hydrogen (secondary N) is 1. The van der Waals surface area contributed by atoms with E-state index < -0.39 is 5.95 Å². The molecule has 0 aliphatic carbocycles. The van der Waals surface area contributed by atoms with Gasteiger partial charge in [0, 0.05) is 16.9 Å². The van der Waals surface area contributed by atoms with E-state index in [2.05, 4.69) is 15.3 Å². The Morgan fingerprint density at radius 3 is 2.23 bits per heavy atom.